The summed E-state index contributed by atoms with van der Waals surface area (Å²) in [5, 5.41) is 2.66. The van der Waals surface area contributed by atoms with Crippen molar-refractivity contribution in [3.63, 3.8) is 0 Å². The first-order valence-corrected chi connectivity index (χ1v) is 5.97. The summed E-state index contributed by atoms with van der Waals surface area (Å²) in [6.45, 7) is 2.17. The van der Waals surface area contributed by atoms with Gasteiger partial charge in [-0.25, -0.2) is 0 Å². The summed E-state index contributed by atoms with van der Waals surface area (Å²) in [7, 11) is 1.53. The van der Waals surface area contributed by atoms with Crippen molar-refractivity contribution in [1.82, 2.24) is 5.32 Å². The van der Waals surface area contributed by atoms with E-state index in [1.807, 2.05) is 0 Å². The number of hydrogen-bond acceptors (Lipinski definition) is 2. The number of hydrogen-bond donors (Lipinski definition) is 1. The summed E-state index contributed by atoms with van der Waals surface area (Å²) in [6.07, 6.45) is -1.63. The summed E-state index contributed by atoms with van der Waals surface area (Å²) in [5.74, 6) is -0.325. The van der Waals surface area contributed by atoms with Gasteiger partial charge in [0.05, 0.1) is 12.2 Å². The van der Waals surface area contributed by atoms with Gasteiger partial charge in [0.25, 0.3) is 0 Å². The zero-order valence-corrected chi connectivity index (χ0v) is 11.2. The van der Waals surface area contributed by atoms with Crippen LogP contribution in [0.25, 0.3) is 6.08 Å². The molecule has 1 unspecified atom stereocenters. The molecule has 0 aliphatic heterocycles. The summed E-state index contributed by atoms with van der Waals surface area (Å²) in [4.78, 5) is 11.5. The third-order valence-electron chi connectivity index (χ3n) is 2.47. The Morgan fingerprint density at radius 1 is 1.35 bits per heavy atom. The number of amides is 1. The molecule has 6 heteroatoms. The number of ether oxygens (including phenoxy) is 1. The van der Waals surface area contributed by atoms with Crippen LogP contribution in [0.4, 0.5) is 13.2 Å². The van der Waals surface area contributed by atoms with Gasteiger partial charge in [0.1, 0.15) is 0 Å². The molecule has 0 saturated heterocycles. The number of carbonyl (C=O) groups excluding carboxylic acids is 1. The monoisotopic (exact) mass is 287 g/mol. The average molecular weight is 287 g/mol. The van der Waals surface area contributed by atoms with E-state index in [0.717, 1.165) is 12.1 Å². The fourth-order valence-corrected chi connectivity index (χ4v) is 1.54. The molecular formula is C14H16F3NO2. The van der Waals surface area contributed by atoms with Crippen LogP contribution in [0.3, 0.4) is 0 Å². The number of nitrogens with one attached hydrogen (secondary N) is 1. The Balaban J connectivity index is 2.60. The molecule has 0 bridgehead atoms. The molecule has 1 aromatic rings. The molecule has 0 heterocycles. The van der Waals surface area contributed by atoms with Crippen LogP contribution < -0.4 is 5.32 Å². The highest BCUT2D eigenvalue weighted by Gasteiger charge is 2.29. The van der Waals surface area contributed by atoms with Crippen molar-refractivity contribution in [2.45, 2.75) is 19.1 Å². The van der Waals surface area contributed by atoms with E-state index in [1.54, 1.807) is 6.92 Å². The Morgan fingerprint density at radius 3 is 2.45 bits per heavy atom. The number of methoxy groups -OCH3 is 1. The second-order valence-electron chi connectivity index (χ2n) is 4.32. The lowest BCUT2D eigenvalue weighted by Crippen LogP contribution is -2.34. The van der Waals surface area contributed by atoms with Crippen LogP contribution in [0.1, 0.15) is 18.1 Å². The predicted molar refractivity (Wildman–Crippen MR) is 70.0 cm³/mol. The van der Waals surface area contributed by atoms with Gasteiger partial charge in [0.2, 0.25) is 5.91 Å². The first-order valence-electron chi connectivity index (χ1n) is 5.97. The summed E-state index contributed by atoms with van der Waals surface area (Å²) < 4.78 is 41.9. The molecule has 110 valence electrons. The quantitative estimate of drug-likeness (QED) is 0.846. The molecule has 0 aliphatic rings. The fraction of sp³-hybridized carbons (Fsp3) is 0.357. The van der Waals surface area contributed by atoms with Crippen LogP contribution in [0.15, 0.2) is 30.3 Å². The number of rotatable bonds is 5. The lowest BCUT2D eigenvalue weighted by atomic mass is 10.1. The van der Waals surface area contributed by atoms with Crippen molar-refractivity contribution in [3.8, 4) is 0 Å². The molecule has 1 aromatic carbocycles. The maximum Gasteiger partial charge on any atom is 0.416 e. The standard InChI is InChI=1S/C14H16F3NO2/c1-10(9-20-2)18-13(19)8-5-11-3-6-12(7-4-11)14(15,16)17/h3-8,10H,9H2,1-2H3,(H,18,19). The highest BCUT2D eigenvalue weighted by atomic mass is 19.4. The molecule has 0 radical (unpaired) electrons. The van der Waals surface area contributed by atoms with Crippen molar-refractivity contribution >= 4 is 12.0 Å². The minimum absolute atomic E-state index is 0.134. The molecule has 1 amide bonds. The normalized spacial score (nSPS) is 13.4. The number of alkyl halides is 3. The van der Waals surface area contributed by atoms with Crippen molar-refractivity contribution in [3.05, 3.63) is 41.5 Å². The molecule has 1 N–H and O–H groups in total. The molecule has 0 aliphatic carbocycles. The number of carbonyl (C=O) groups is 1. The Kier molecular flexibility index (Phi) is 5.76. The second kappa shape index (κ2) is 7.09. The van der Waals surface area contributed by atoms with Gasteiger partial charge in [0, 0.05) is 19.2 Å². The molecule has 0 saturated carbocycles. The maximum atomic E-state index is 12.4. The molecular weight excluding hydrogens is 271 g/mol. The second-order valence-corrected chi connectivity index (χ2v) is 4.32. The van der Waals surface area contributed by atoms with Crippen molar-refractivity contribution in [1.29, 1.82) is 0 Å². The van der Waals surface area contributed by atoms with Gasteiger partial charge in [0.15, 0.2) is 0 Å². The smallest absolute Gasteiger partial charge is 0.383 e. The van der Waals surface area contributed by atoms with Crippen LogP contribution in [0.5, 0.6) is 0 Å². The van der Waals surface area contributed by atoms with Crippen LogP contribution in [-0.4, -0.2) is 25.7 Å². The van der Waals surface area contributed by atoms with Gasteiger partial charge in [-0.1, -0.05) is 12.1 Å². The van der Waals surface area contributed by atoms with E-state index >= 15 is 0 Å². The van der Waals surface area contributed by atoms with Crippen molar-refractivity contribution < 1.29 is 22.7 Å². The molecule has 0 spiro atoms. The van der Waals surface area contributed by atoms with E-state index in [2.05, 4.69) is 5.32 Å². The Morgan fingerprint density at radius 2 is 1.95 bits per heavy atom. The van der Waals surface area contributed by atoms with Gasteiger partial charge in [-0.15, -0.1) is 0 Å². The highest BCUT2D eigenvalue weighted by Crippen LogP contribution is 2.29. The van der Waals surface area contributed by atoms with Crippen molar-refractivity contribution in [2.24, 2.45) is 0 Å². The third-order valence-corrected chi connectivity index (χ3v) is 2.47. The van der Waals surface area contributed by atoms with Crippen LogP contribution >= 0.6 is 0 Å². The third kappa shape index (κ3) is 5.44. The first kappa shape index (κ1) is 16.2. The molecule has 1 rings (SSSR count). The zero-order chi connectivity index (χ0) is 15.2. The van der Waals surface area contributed by atoms with Gasteiger partial charge < -0.3 is 10.1 Å². The largest absolute Gasteiger partial charge is 0.416 e. The van der Waals surface area contributed by atoms with E-state index < -0.39 is 11.7 Å². The summed E-state index contributed by atoms with van der Waals surface area (Å²) in [6, 6.07) is 4.44. The van der Waals surface area contributed by atoms with Gasteiger partial charge in [-0.3, -0.25) is 4.79 Å². The van der Waals surface area contributed by atoms with Crippen LogP contribution in [-0.2, 0) is 15.7 Å². The van der Waals surface area contributed by atoms with E-state index in [0.29, 0.717) is 12.2 Å². The molecule has 20 heavy (non-hydrogen) atoms. The Labute approximate surface area is 115 Å². The Bertz CT molecular complexity index is 466. The number of halogens is 3. The van der Waals surface area contributed by atoms with Crippen LogP contribution in [0, 0.1) is 0 Å². The van der Waals surface area contributed by atoms with Gasteiger partial charge >= 0.3 is 6.18 Å². The maximum absolute atomic E-state index is 12.4. The predicted octanol–water partition coefficient (Wildman–Crippen LogP) is 2.87. The lowest BCUT2D eigenvalue weighted by molar-refractivity contribution is -0.137. The number of benzene rings is 1. The summed E-state index contributed by atoms with van der Waals surface area (Å²) in [5.41, 5.74) is -0.194. The van der Waals surface area contributed by atoms with Crippen LogP contribution in [0.2, 0.25) is 0 Å². The molecule has 1 atom stereocenters. The fourth-order valence-electron chi connectivity index (χ4n) is 1.54. The Hall–Kier alpha value is -1.82. The molecule has 3 nitrogen and oxygen atoms in total. The van der Waals surface area contributed by atoms with Gasteiger partial charge in [-0.2, -0.15) is 13.2 Å². The zero-order valence-electron chi connectivity index (χ0n) is 11.2. The molecule has 0 aromatic heterocycles. The minimum Gasteiger partial charge on any atom is -0.383 e. The minimum atomic E-state index is -4.35. The summed E-state index contributed by atoms with van der Waals surface area (Å²) >= 11 is 0. The molecule has 0 fully saturated rings. The SMILES string of the molecule is COCC(C)NC(=O)C=Cc1ccc(C(F)(F)F)cc1. The lowest BCUT2D eigenvalue weighted by Gasteiger charge is -2.10. The van der Waals surface area contributed by atoms with E-state index in [-0.39, 0.29) is 11.9 Å². The van der Waals surface area contributed by atoms with E-state index in [9.17, 15) is 18.0 Å². The van der Waals surface area contributed by atoms with E-state index in [4.69, 9.17) is 4.74 Å². The van der Waals surface area contributed by atoms with Gasteiger partial charge in [-0.05, 0) is 30.7 Å². The van der Waals surface area contributed by atoms with Crippen molar-refractivity contribution in [2.75, 3.05) is 13.7 Å². The average Bonchev–Trinajstić information content (AvgIpc) is 2.36. The highest BCUT2D eigenvalue weighted by molar-refractivity contribution is 5.91. The first-order chi connectivity index (χ1) is 9.32. The van der Waals surface area contributed by atoms with E-state index in [1.165, 1.54) is 31.4 Å². The topological polar surface area (TPSA) is 38.3 Å².